The van der Waals surface area contributed by atoms with Crippen molar-refractivity contribution in [3.05, 3.63) is 41.3 Å². The van der Waals surface area contributed by atoms with Crippen LogP contribution < -0.4 is 0 Å². The van der Waals surface area contributed by atoms with Crippen molar-refractivity contribution in [2.75, 3.05) is 7.11 Å². The van der Waals surface area contributed by atoms with Gasteiger partial charge >= 0.3 is 5.97 Å². The Labute approximate surface area is 116 Å². The molecule has 0 amide bonds. The summed E-state index contributed by atoms with van der Waals surface area (Å²) in [5.41, 5.74) is 5.52. The van der Waals surface area contributed by atoms with Crippen molar-refractivity contribution in [1.29, 1.82) is 0 Å². The molecule has 5 heteroatoms. The summed E-state index contributed by atoms with van der Waals surface area (Å²) in [6, 6.07) is 7.83. The Bertz CT molecular complexity index is 779. The average molecular weight is 269 g/mol. The van der Waals surface area contributed by atoms with Crippen molar-refractivity contribution in [3.8, 4) is 11.1 Å². The number of fused-ring (bicyclic) bond motifs is 1. The Morgan fingerprint density at radius 1 is 1.25 bits per heavy atom. The molecule has 5 nitrogen and oxygen atoms in total. The maximum absolute atomic E-state index is 11.5. The number of nitrogens with zero attached hydrogens (tertiary/aromatic N) is 1. The van der Waals surface area contributed by atoms with Crippen LogP contribution in [0.5, 0.6) is 0 Å². The van der Waals surface area contributed by atoms with E-state index in [0.717, 1.165) is 33.4 Å². The molecule has 102 valence electrons. The third kappa shape index (κ3) is 1.87. The van der Waals surface area contributed by atoms with Gasteiger partial charge in [-0.25, -0.2) is 4.79 Å². The van der Waals surface area contributed by atoms with E-state index in [2.05, 4.69) is 15.2 Å². The lowest BCUT2D eigenvalue weighted by atomic mass is 10.0. The topological polar surface area (TPSA) is 70.8 Å². The summed E-state index contributed by atoms with van der Waals surface area (Å²) < 4.78 is 4.72. The number of aromatic nitrogens is 3. The summed E-state index contributed by atoms with van der Waals surface area (Å²) in [6.07, 6.45) is 0. The van der Waals surface area contributed by atoms with Gasteiger partial charge in [-0.2, -0.15) is 5.10 Å². The molecule has 2 heterocycles. The predicted octanol–water partition coefficient (Wildman–Crippen LogP) is 2.96. The van der Waals surface area contributed by atoms with Crippen LogP contribution in [0.1, 0.15) is 21.9 Å². The number of benzene rings is 1. The zero-order valence-electron chi connectivity index (χ0n) is 11.6. The predicted molar refractivity (Wildman–Crippen MR) is 76.7 cm³/mol. The number of aromatic amines is 2. The summed E-state index contributed by atoms with van der Waals surface area (Å²) in [5, 5.41) is 8.17. The minimum Gasteiger partial charge on any atom is -0.464 e. The molecule has 0 aliphatic heterocycles. The first-order valence-electron chi connectivity index (χ1n) is 6.33. The molecular weight excluding hydrogens is 254 g/mol. The van der Waals surface area contributed by atoms with Gasteiger partial charge in [-0.1, -0.05) is 12.1 Å². The second-order valence-corrected chi connectivity index (χ2v) is 4.79. The highest BCUT2D eigenvalue weighted by Crippen LogP contribution is 2.28. The number of carbonyl (C=O) groups excluding carboxylic acids is 1. The molecule has 0 bridgehead atoms. The minimum atomic E-state index is -0.363. The minimum absolute atomic E-state index is 0.363. The molecule has 0 spiro atoms. The van der Waals surface area contributed by atoms with E-state index in [1.54, 1.807) is 6.07 Å². The number of carbonyl (C=O) groups is 1. The highest BCUT2D eigenvalue weighted by molar-refractivity contribution is 5.96. The van der Waals surface area contributed by atoms with Gasteiger partial charge in [0, 0.05) is 22.2 Å². The molecule has 0 aliphatic rings. The second-order valence-electron chi connectivity index (χ2n) is 4.79. The van der Waals surface area contributed by atoms with Crippen LogP contribution in [0.15, 0.2) is 24.3 Å². The lowest BCUT2D eigenvalue weighted by Crippen LogP contribution is -2.00. The maximum atomic E-state index is 11.5. The van der Waals surface area contributed by atoms with Gasteiger partial charge in [0.15, 0.2) is 0 Å². The third-order valence-electron chi connectivity index (χ3n) is 3.44. The van der Waals surface area contributed by atoms with Gasteiger partial charge in [-0.05, 0) is 31.5 Å². The summed E-state index contributed by atoms with van der Waals surface area (Å²) in [6.45, 7) is 3.96. The normalized spacial score (nSPS) is 10.9. The number of ether oxygens (including phenoxy) is 1. The van der Waals surface area contributed by atoms with E-state index in [0.29, 0.717) is 5.69 Å². The number of rotatable bonds is 2. The lowest BCUT2D eigenvalue weighted by Gasteiger charge is -2.01. The van der Waals surface area contributed by atoms with Crippen molar-refractivity contribution in [2.24, 2.45) is 0 Å². The van der Waals surface area contributed by atoms with Gasteiger partial charge in [0.25, 0.3) is 0 Å². The maximum Gasteiger partial charge on any atom is 0.354 e. The summed E-state index contributed by atoms with van der Waals surface area (Å²) in [7, 11) is 1.37. The molecule has 3 aromatic rings. The van der Waals surface area contributed by atoms with Gasteiger partial charge in [-0.3, -0.25) is 5.10 Å². The molecular formula is C15H15N3O2. The quantitative estimate of drug-likeness (QED) is 0.703. The standard InChI is InChI=1S/C15H15N3O2/c1-8-14(9(2)18-17-8)11-5-4-10-6-13(15(19)20-3)16-12(10)7-11/h4-7,16H,1-3H3,(H,17,18). The largest absolute Gasteiger partial charge is 0.464 e. The van der Waals surface area contributed by atoms with E-state index in [1.807, 2.05) is 32.0 Å². The number of hydrogen-bond donors (Lipinski definition) is 2. The van der Waals surface area contributed by atoms with Crippen molar-refractivity contribution in [2.45, 2.75) is 13.8 Å². The molecule has 0 saturated heterocycles. The molecule has 0 unspecified atom stereocenters. The number of nitrogens with one attached hydrogen (secondary N) is 2. The van der Waals surface area contributed by atoms with Crippen molar-refractivity contribution < 1.29 is 9.53 Å². The molecule has 2 aromatic heterocycles. The smallest absolute Gasteiger partial charge is 0.354 e. The van der Waals surface area contributed by atoms with Gasteiger partial charge in [0.05, 0.1) is 12.8 Å². The van der Waals surface area contributed by atoms with E-state index in [-0.39, 0.29) is 5.97 Å². The van der Waals surface area contributed by atoms with E-state index < -0.39 is 0 Å². The third-order valence-corrected chi connectivity index (χ3v) is 3.44. The fourth-order valence-corrected chi connectivity index (χ4v) is 2.48. The highest BCUT2D eigenvalue weighted by atomic mass is 16.5. The van der Waals surface area contributed by atoms with Crippen molar-refractivity contribution in [3.63, 3.8) is 0 Å². The van der Waals surface area contributed by atoms with Crippen LogP contribution >= 0.6 is 0 Å². The first kappa shape index (κ1) is 12.5. The van der Waals surface area contributed by atoms with E-state index in [1.165, 1.54) is 7.11 Å². The summed E-state index contributed by atoms with van der Waals surface area (Å²) >= 11 is 0. The van der Waals surface area contributed by atoms with Gasteiger partial charge in [0.2, 0.25) is 0 Å². The molecule has 20 heavy (non-hydrogen) atoms. The fraction of sp³-hybridized carbons (Fsp3) is 0.200. The van der Waals surface area contributed by atoms with Gasteiger partial charge in [0.1, 0.15) is 5.69 Å². The van der Waals surface area contributed by atoms with E-state index in [9.17, 15) is 4.79 Å². The zero-order chi connectivity index (χ0) is 14.3. The van der Waals surface area contributed by atoms with Crippen LogP contribution in [0.25, 0.3) is 22.0 Å². The van der Waals surface area contributed by atoms with Crippen molar-refractivity contribution in [1.82, 2.24) is 15.2 Å². The van der Waals surface area contributed by atoms with E-state index >= 15 is 0 Å². The fourth-order valence-electron chi connectivity index (χ4n) is 2.48. The number of H-pyrrole nitrogens is 2. The molecule has 2 N–H and O–H groups in total. The summed E-state index contributed by atoms with van der Waals surface area (Å²) in [4.78, 5) is 14.6. The Balaban J connectivity index is 2.13. The second kappa shape index (κ2) is 4.52. The molecule has 0 fully saturated rings. The first-order chi connectivity index (χ1) is 9.60. The van der Waals surface area contributed by atoms with Crippen LogP contribution in [0.2, 0.25) is 0 Å². The highest BCUT2D eigenvalue weighted by Gasteiger charge is 2.12. The van der Waals surface area contributed by atoms with E-state index in [4.69, 9.17) is 4.74 Å². The van der Waals surface area contributed by atoms with Gasteiger partial charge < -0.3 is 9.72 Å². The monoisotopic (exact) mass is 269 g/mol. The number of aryl methyl sites for hydroxylation is 2. The lowest BCUT2D eigenvalue weighted by molar-refractivity contribution is 0.0595. The van der Waals surface area contributed by atoms with Crippen LogP contribution in [0.3, 0.4) is 0 Å². The molecule has 0 saturated carbocycles. The Morgan fingerprint density at radius 2 is 2.05 bits per heavy atom. The molecule has 1 aromatic carbocycles. The molecule has 0 aliphatic carbocycles. The van der Waals surface area contributed by atoms with Crippen molar-refractivity contribution >= 4 is 16.9 Å². The molecule has 0 radical (unpaired) electrons. The molecule has 0 atom stereocenters. The Hall–Kier alpha value is -2.56. The van der Waals surface area contributed by atoms with Crippen LogP contribution in [-0.2, 0) is 4.74 Å². The summed E-state index contributed by atoms with van der Waals surface area (Å²) in [5.74, 6) is -0.363. The zero-order valence-corrected chi connectivity index (χ0v) is 11.6. The van der Waals surface area contributed by atoms with Crippen LogP contribution in [0.4, 0.5) is 0 Å². The number of esters is 1. The first-order valence-corrected chi connectivity index (χ1v) is 6.33. The molecule has 3 rings (SSSR count). The Kier molecular flexibility index (Phi) is 2.82. The number of methoxy groups -OCH3 is 1. The van der Waals surface area contributed by atoms with Crippen LogP contribution in [-0.4, -0.2) is 28.3 Å². The van der Waals surface area contributed by atoms with Crippen LogP contribution in [0, 0.1) is 13.8 Å². The Morgan fingerprint density at radius 3 is 2.70 bits per heavy atom. The SMILES string of the molecule is COC(=O)c1cc2ccc(-c3c(C)n[nH]c3C)cc2[nH]1. The number of hydrogen-bond acceptors (Lipinski definition) is 3. The van der Waals surface area contributed by atoms with Gasteiger partial charge in [-0.15, -0.1) is 0 Å². The average Bonchev–Trinajstić information content (AvgIpc) is 3.00.